The predicted molar refractivity (Wildman–Crippen MR) is 105 cm³/mol. The van der Waals surface area contributed by atoms with E-state index in [4.69, 9.17) is 14.2 Å². The van der Waals surface area contributed by atoms with Crippen molar-refractivity contribution in [3.8, 4) is 0 Å². The molecule has 0 spiro atoms. The van der Waals surface area contributed by atoms with E-state index >= 15 is 0 Å². The molecule has 0 radical (unpaired) electrons. The molecule has 2 fully saturated rings. The lowest BCUT2D eigenvalue weighted by molar-refractivity contribution is -0.384. The van der Waals surface area contributed by atoms with Gasteiger partial charge in [-0.15, -0.1) is 0 Å². The summed E-state index contributed by atoms with van der Waals surface area (Å²) in [5.74, 6) is 0. The van der Waals surface area contributed by atoms with E-state index in [1.807, 2.05) is 0 Å². The Morgan fingerprint density at radius 1 is 0.875 bits per heavy atom. The van der Waals surface area contributed by atoms with Crippen molar-refractivity contribution in [1.82, 2.24) is 0 Å². The Hall–Kier alpha value is -1.43. The highest BCUT2D eigenvalue weighted by Gasteiger charge is 2.50. The number of nitrogens with zero attached hydrogens (tertiary/aromatic N) is 1. The van der Waals surface area contributed by atoms with Gasteiger partial charge in [-0.1, -0.05) is 11.8 Å². The molecule has 1 aromatic carbocycles. The maximum atomic E-state index is 10.8. The van der Waals surface area contributed by atoms with Crippen LogP contribution in [0.4, 0.5) is 5.69 Å². The van der Waals surface area contributed by atoms with Crippen LogP contribution < -0.4 is 0 Å². The van der Waals surface area contributed by atoms with Crippen LogP contribution in [0.5, 0.6) is 0 Å². The number of benzene rings is 1. The van der Waals surface area contributed by atoms with Crippen molar-refractivity contribution in [2.24, 2.45) is 0 Å². The summed E-state index contributed by atoms with van der Waals surface area (Å²) in [5.41, 5.74) is -1.20. The number of hydrogen-bond acceptors (Lipinski definition) is 13. The molecule has 2 saturated heterocycles. The molecule has 7 N–H and O–H groups in total. The van der Waals surface area contributed by atoms with E-state index in [1.165, 1.54) is 24.3 Å². The third-order valence-electron chi connectivity index (χ3n) is 5.26. The fourth-order valence-electron chi connectivity index (χ4n) is 3.43. The quantitative estimate of drug-likeness (QED) is 0.157. The number of thioether (sulfide) groups is 1. The number of nitro groups is 1. The highest BCUT2D eigenvalue weighted by Crippen LogP contribution is 2.36. The van der Waals surface area contributed by atoms with Crippen LogP contribution in [-0.2, 0) is 14.2 Å². The molecular formula is C18H25NO12S. The largest absolute Gasteiger partial charge is 0.394 e. The summed E-state index contributed by atoms with van der Waals surface area (Å²) in [7, 11) is 0. The highest BCUT2D eigenvalue weighted by atomic mass is 32.2. The Morgan fingerprint density at radius 2 is 1.50 bits per heavy atom. The van der Waals surface area contributed by atoms with Gasteiger partial charge in [0.2, 0.25) is 0 Å². The molecule has 0 amide bonds. The minimum Gasteiger partial charge on any atom is -0.394 e. The second-order valence-corrected chi connectivity index (χ2v) is 8.55. The summed E-state index contributed by atoms with van der Waals surface area (Å²) in [5, 5.41) is 80.7. The van der Waals surface area contributed by atoms with Crippen LogP contribution in [0, 0.1) is 10.1 Å². The van der Waals surface area contributed by atoms with Gasteiger partial charge in [0.1, 0.15) is 54.3 Å². The molecule has 10 atom stereocenters. The van der Waals surface area contributed by atoms with E-state index in [9.17, 15) is 45.9 Å². The molecule has 3 rings (SSSR count). The van der Waals surface area contributed by atoms with Gasteiger partial charge in [0.05, 0.1) is 18.1 Å². The molecule has 13 nitrogen and oxygen atoms in total. The van der Waals surface area contributed by atoms with Crippen molar-refractivity contribution in [2.45, 2.75) is 65.5 Å². The Morgan fingerprint density at radius 3 is 2.06 bits per heavy atom. The van der Waals surface area contributed by atoms with Gasteiger partial charge in [-0.05, 0) is 12.1 Å². The van der Waals surface area contributed by atoms with Crippen LogP contribution in [0.2, 0.25) is 0 Å². The van der Waals surface area contributed by atoms with Crippen molar-refractivity contribution in [2.75, 3.05) is 13.2 Å². The molecule has 14 heteroatoms. The molecule has 0 saturated carbocycles. The first-order valence-corrected chi connectivity index (χ1v) is 10.6. The molecule has 0 aromatic heterocycles. The third kappa shape index (κ3) is 5.21. The van der Waals surface area contributed by atoms with Crippen LogP contribution in [0.15, 0.2) is 29.2 Å². The molecule has 0 aliphatic carbocycles. The SMILES string of the molecule is O=[N+]([O-])c1ccc(S[C@@H]2O[C@H](CO)[C@@H](O[C@@H]3O[C@H](CO)[C@H](O)[C@H](O)[C@H]3O)[C@H](O)[C@H]2O)cc1. The van der Waals surface area contributed by atoms with Crippen molar-refractivity contribution in [1.29, 1.82) is 0 Å². The summed E-state index contributed by atoms with van der Waals surface area (Å²) in [6, 6.07) is 5.41. The second-order valence-electron chi connectivity index (χ2n) is 7.37. The molecule has 2 aliphatic rings. The van der Waals surface area contributed by atoms with Crippen LogP contribution in [0.1, 0.15) is 0 Å². The number of rotatable bonds is 7. The molecule has 180 valence electrons. The second kappa shape index (κ2) is 10.7. The Bertz CT molecular complexity index is 765. The van der Waals surface area contributed by atoms with Gasteiger partial charge in [0, 0.05) is 17.0 Å². The van der Waals surface area contributed by atoms with Crippen molar-refractivity contribution < 1.29 is 54.9 Å². The zero-order chi connectivity index (χ0) is 23.6. The van der Waals surface area contributed by atoms with Crippen LogP contribution in [0.25, 0.3) is 0 Å². The average molecular weight is 479 g/mol. The van der Waals surface area contributed by atoms with Gasteiger partial charge in [-0.2, -0.15) is 0 Å². The van der Waals surface area contributed by atoms with Crippen LogP contribution in [-0.4, -0.2) is 114 Å². The zero-order valence-corrected chi connectivity index (χ0v) is 17.3. The maximum Gasteiger partial charge on any atom is 0.269 e. The molecule has 1 aromatic rings. The van der Waals surface area contributed by atoms with Crippen molar-refractivity contribution in [3.05, 3.63) is 34.4 Å². The normalized spacial score (nSPS) is 40.2. The number of non-ortho nitro benzene ring substituents is 1. The summed E-state index contributed by atoms with van der Waals surface area (Å²) < 4.78 is 16.4. The van der Waals surface area contributed by atoms with Crippen molar-refractivity contribution >= 4 is 17.4 Å². The van der Waals surface area contributed by atoms with Gasteiger partial charge in [0.25, 0.3) is 5.69 Å². The first-order valence-electron chi connectivity index (χ1n) is 9.67. The minimum atomic E-state index is -1.75. The molecule has 32 heavy (non-hydrogen) atoms. The topological polar surface area (TPSA) is 212 Å². The first-order chi connectivity index (χ1) is 15.2. The predicted octanol–water partition coefficient (Wildman–Crippen LogP) is -2.69. The van der Waals surface area contributed by atoms with Gasteiger partial charge < -0.3 is 50.0 Å². The fourth-order valence-corrected chi connectivity index (χ4v) is 4.49. The average Bonchev–Trinajstić information content (AvgIpc) is 2.79. The summed E-state index contributed by atoms with van der Waals surface area (Å²) in [4.78, 5) is 10.7. The molecule has 2 heterocycles. The monoisotopic (exact) mass is 479 g/mol. The number of hydrogen-bond donors (Lipinski definition) is 7. The lowest BCUT2D eigenvalue weighted by Gasteiger charge is -2.46. The number of nitro benzene ring substituents is 1. The maximum absolute atomic E-state index is 10.8. The zero-order valence-electron chi connectivity index (χ0n) is 16.5. The number of aliphatic hydroxyl groups is 7. The van der Waals surface area contributed by atoms with E-state index in [1.54, 1.807) is 0 Å². The van der Waals surface area contributed by atoms with E-state index in [-0.39, 0.29) is 5.69 Å². The molecule has 0 unspecified atom stereocenters. The van der Waals surface area contributed by atoms with E-state index in [0.717, 1.165) is 11.8 Å². The number of aliphatic hydroxyl groups excluding tert-OH is 7. The van der Waals surface area contributed by atoms with Gasteiger partial charge >= 0.3 is 0 Å². The summed E-state index contributed by atoms with van der Waals surface area (Å²) in [6.07, 6.45) is -13.7. The van der Waals surface area contributed by atoms with Gasteiger partial charge in [-0.25, -0.2) is 0 Å². The smallest absolute Gasteiger partial charge is 0.269 e. The minimum absolute atomic E-state index is 0.124. The Balaban J connectivity index is 1.70. The van der Waals surface area contributed by atoms with Crippen LogP contribution >= 0.6 is 11.8 Å². The van der Waals surface area contributed by atoms with Crippen LogP contribution in [0.3, 0.4) is 0 Å². The first kappa shape index (κ1) is 25.2. The Labute approximate surface area is 185 Å². The lowest BCUT2D eigenvalue weighted by atomic mass is 9.97. The van der Waals surface area contributed by atoms with E-state index in [0.29, 0.717) is 4.90 Å². The lowest BCUT2D eigenvalue weighted by Crippen LogP contribution is -2.64. The van der Waals surface area contributed by atoms with E-state index < -0.39 is 78.7 Å². The summed E-state index contributed by atoms with van der Waals surface area (Å²) in [6.45, 7) is -1.34. The molecular weight excluding hydrogens is 454 g/mol. The fraction of sp³-hybridized carbons (Fsp3) is 0.667. The van der Waals surface area contributed by atoms with E-state index in [2.05, 4.69) is 0 Å². The molecule has 2 aliphatic heterocycles. The number of ether oxygens (including phenoxy) is 3. The van der Waals surface area contributed by atoms with Crippen molar-refractivity contribution in [3.63, 3.8) is 0 Å². The standard InChI is InChI=1S/C18H25NO12S/c20-5-9-11(22)12(23)14(25)17(29-9)31-16-10(6-21)30-18(15(26)13(16)24)32-8-3-1-7(2-4-8)19(27)28/h1-4,9-18,20-26H,5-6H2/t9-,10-,11+,12+,13-,14-,15-,16-,17+,18+/m1/s1. The molecule has 0 bridgehead atoms. The van der Waals surface area contributed by atoms with Gasteiger partial charge in [-0.3, -0.25) is 10.1 Å². The Kier molecular flexibility index (Phi) is 8.40. The summed E-state index contributed by atoms with van der Waals surface area (Å²) >= 11 is 0.961. The highest BCUT2D eigenvalue weighted by molar-refractivity contribution is 7.99. The van der Waals surface area contributed by atoms with Gasteiger partial charge in [0.15, 0.2) is 6.29 Å². The third-order valence-corrected chi connectivity index (χ3v) is 6.43.